The Hall–Kier alpha value is -2.57. The number of hydrogen-bond acceptors (Lipinski definition) is 4. The van der Waals surface area contributed by atoms with Gasteiger partial charge >= 0.3 is 17.9 Å². The highest BCUT2D eigenvalue weighted by Crippen LogP contribution is 2.14. The van der Waals surface area contributed by atoms with Crippen LogP contribution in [0.5, 0.6) is 0 Å². The lowest BCUT2D eigenvalue weighted by Gasteiger charge is -2.31. The average molecular weight is 333 g/mol. The van der Waals surface area contributed by atoms with Gasteiger partial charge in [-0.3, -0.25) is 9.59 Å². The molecule has 1 saturated heterocycles. The minimum absolute atomic E-state index is 0.120. The summed E-state index contributed by atoms with van der Waals surface area (Å²) in [4.78, 5) is 37.2. The number of nitrogens with one attached hydrogen (secondary N) is 2. The van der Waals surface area contributed by atoms with Crippen molar-refractivity contribution in [1.29, 1.82) is 0 Å². The molecule has 0 aliphatic carbocycles. The maximum absolute atomic E-state index is 12.0. The molecule has 2 rings (SSSR count). The monoisotopic (exact) mass is 333 g/mol. The maximum Gasteiger partial charge on any atom is 0.409 e. The lowest BCUT2D eigenvalue weighted by molar-refractivity contribution is -0.136. The molecule has 0 atom stereocenters. The highest BCUT2D eigenvalue weighted by molar-refractivity contribution is 6.39. The lowest BCUT2D eigenvalue weighted by Crippen LogP contribution is -2.49. The van der Waals surface area contributed by atoms with Gasteiger partial charge in [-0.2, -0.15) is 0 Å². The number of carbonyl (C=O) groups excluding carboxylic acids is 3. The number of amides is 3. The molecule has 2 N–H and O–H groups in total. The number of benzene rings is 1. The predicted octanol–water partition coefficient (Wildman–Crippen LogP) is 1.67. The summed E-state index contributed by atoms with van der Waals surface area (Å²) in [5.41, 5.74) is 1.51. The van der Waals surface area contributed by atoms with Crippen molar-refractivity contribution >= 4 is 23.6 Å². The summed E-state index contributed by atoms with van der Waals surface area (Å²) in [6, 6.07) is 7.15. The van der Waals surface area contributed by atoms with Crippen molar-refractivity contribution in [1.82, 2.24) is 10.2 Å². The third-order valence-electron chi connectivity index (χ3n) is 3.96. The first-order chi connectivity index (χ1) is 11.5. The van der Waals surface area contributed by atoms with E-state index in [0.717, 1.165) is 5.56 Å². The van der Waals surface area contributed by atoms with Crippen LogP contribution in [0.3, 0.4) is 0 Å². The van der Waals surface area contributed by atoms with Crippen molar-refractivity contribution in [3.63, 3.8) is 0 Å². The Morgan fingerprint density at radius 3 is 2.46 bits per heavy atom. The molecule has 1 aromatic rings. The summed E-state index contributed by atoms with van der Waals surface area (Å²) in [6.45, 7) is 4.97. The standard InChI is InChI=1S/C17H23N3O4/c1-3-24-17(23)20-10-8-13(9-11-20)18-15(21)16(22)19-14-7-5-4-6-12(14)2/h4-7,13H,3,8-11H2,1-2H3,(H,18,21)(H,19,22). The third kappa shape index (κ3) is 4.71. The molecule has 0 radical (unpaired) electrons. The summed E-state index contributed by atoms with van der Waals surface area (Å²) in [6.07, 6.45) is 0.865. The number of anilines is 1. The number of para-hydroxylation sites is 1. The summed E-state index contributed by atoms with van der Waals surface area (Å²) in [5.74, 6) is -1.34. The third-order valence-corrected chi connectivity index (χ3v) is 3.96. The zero-order valence-electron chi connectivity index (χ0n) is 14.0. The van der Waals surface area contributed by atoms with Gasteiger partial charge in [0.05, 0.1) is 6.61 Å². The van der Waals surface area contributed by atoms with E-state index in [2.05, 4.69) is 10.6 Å². The number of hydrogen-bond donors (Lipinski definition) is 2. The van der Waals surface area contributed by atoms with Crippen LogP contribution < -0.4 is 10.6 Å². The van der Waals surface area contributed by atoms with E-state index in [-0.39, 0.29) is 12.1 Å². The first-order valence-corrected chi connectivity index (χ1v) is 8.10. The zero-order valence-corrected chi connectivity index (χ0v) is 14.0. The molecule has 7 heteroatoms. The molecule has 1 aromatic carbocycles. The second kappa shape index (κ2) is 8.33. The zero-order chi connectivity index (χ0) is 17.5. The van der Waals surface area contributed by atoms with Crippen molar-refractivity contribution < 1.29 is 19.1 Å². The van der Waals surface area contributed by atoms with E-state index in [1.54, 1.807) is 24.0 Å². The normalized spacial score (nSPS) is 14.8. The van der Waals surface area contributed by atoms with Crippen molar-refractivity contribution in [2.45, 2.75) is 32.7 Å². The van der Waals surface area contributed by atoms with Gasteiger partial charge in [0.1, 0.15) is 0 Å². The molecule has 0 unspecified atom stereocenters. The van der Waals surface area contributed by atoms with Crippen LogP contribution in [0.2, 0.25) is 0 Å². The SMILES string of the molecule is CCOC(=O)N1CCC(NC(=O)C(=O)Nc2ccccc2C)CC1. The molecule has 1 aliphatic heterocycles. The molecule has 1 heterocycles. The van der Waals surface area contributed by atoms with Gasteiger partial charge in [0.2, 0.25) is 0 Å². The van der Waals surface area contributed by atoms with Gasteiger partial charge < -0.3 is 20.3 Å². The molecule has 1 aliphatic rings. The predicted molar refractivity (Wildman–Crippen MR) is 89.6 cm³/mol. The Labute approximate surface area is 141 Å². The number of carbonyl (C=O) groups is 3. The second-order valence-corrected chi connectivity index (χ2v) is 5.70. The van der Waals surface area contributed by atoms with Crippen molar-refractivity contribution in [3.05, 3.63) is 29.8 Å². The molecule has 130 valence electrons. The van der Waals surface area contributed by atoms with Gasteiger partial charge in [0.15, 0.2) is 0 Å². The summed E-state index contributed by atoms with van der Waals surface area (Å²) >= 11 is 0. The van der Waals surface area contributed by atoms with E-state index >= 15 is 0 Å². The minimum atomic E-state index is -0.683. The molecule has 1 fully saturated rings. The fourth-order valence-electron chi connectivity index (χ4n) is 2.56. The van der Waals surface area contributed by atoms with Crippen molar-refractivity contribution in [2.24, 2.45) is 0 Å². The summed E-state index contributed by atoms with van der Waals surface area (Å²) in [7, 11) is 0. The maximum atomic E-state index is 12.0. The van der Waals surface area contributed by atoms with E-state index in [9.17, 15) is 14.4 Å². The first kappa shape index (κ1) is 17.8. The molecule has 0 spiro atoms. The average Bonchev–Trinajstić information content (AvgIpc) is 2.57. The van der Waals surface area contributed by atoms with Gasteiger partial charge in [-0.05, 0) is 38.3 Å². The van der Waals surface area contributed by atoms with Gasteiger partial charge in [-0.25, -0.2) is 4.79 Å². The van der Waals surface area contributed by atoms with Crippen LogP contribution in [-0.4, -0.2) is 48.5 Å². The van der Waals surface area contributed by atoms with E-state index in [1.165, 1.54) is 0 Å². The van der Waals surface area contributed by atoms with E-state index < -0.39 is 11.8 Å². The Balaban J connectivity index is 1.80. The molecule has 0 aromatic heterocycles. The quantitative estimate of drug-likeness (QED) is 0.824. The van der Waals surface area contributed by atoms with Crippen LogP contribution in [0.25, 0.3) is 0 Å². The molecule has 24 heavy (non-hydrogen) atoms. The Kier molecular flexibility index (Phi) is 6.17. The number of rotatable bonds is 3. The van der Waals surface area contributed by atoms with Crippen LogP contribution >= 0.6 is 0 Å². The van der Waals surface area contributed by atoms with E-state index in [1.807, 2.05) is 19.1 Å². The van der Waals surface area contributed by atoms with Crippen LogP contribution in [0.15, 0.2) is 24.3 Å². The summed E-state index contributed by atoms with van der Waals surface area (Å²) in [5, 5.41) is 5.33. The molecular weight excluding hydrogens is 310 g/mol. The van der Waals surface area contributed by atoms with Gasteiger partial charge in [-0.15, -0.1) is 0 Å². The smallest absolute Gasteiger partial charge is 0.409 e. The highest BCUT2D eigenvalue weighted by atomic mass is 16.6. The minimum Gasteiger partial charge on any atom is -0.450 e. The second-order valence-electron chi connectivity index (χ2n) is 5.70. The molecular formula is C17H23N3O4. The topological polar surface area (TPSA) is 87.7 Å². The van der Waals surface area contributed by atoms with Crippen LogP contribution in [0.1, 0.15) is 25.3 Å². The van der Waals surface area contributed by atoms with Gasteiger partial charge in [-0.1, -0.05) is 18.2 Å². The van der Waals surface area contributed by atoms with Gasteiger partial charge in [0.25, 0.3) is 0 Å². The highest BCUT2D eigenvalue weighted by Gasteiger charge is 2.26. The number of aryl methyl sites for hydroxylation is 1. The molecule has 7 nitrogen and oxygen atoms in total. The summed E-state index contributed by atoms with van der Waals surface area (Å²) < 4.78 is 4.95. The Morgan fingerprint density at radius 1 is 1.17 bits per heavy atom. The Morgan fingerprint density at radius 2 is 1.83 bits per heavy atom. The number of ether oxygens (including phenoxy) is 1. The molecule has 0 saturated carbocycles. The molecule has 0 bridgehead atoms. The molecule has 3 amide bonds. The number of nitrogens with zero attached hydrogens (tertiary/aromatic N) is 1. The fraction of sp³-hybridized carbons (Fsp3) is 0.471. The first-order valence-electron chi connectivity index (χ1n) is 8.10. The van der Waals surface area contributed by atoms with Crippen LogP contribution in [0, 0.1) is 6.92 Å². The van der Waals surface area contributed by atoms with Crippen LogP contribution in [-0.2, 0) is 14.3 Å². The van der Waals surface area contributed by atoms with Gasteiger partial charge in [0, 0.05) is 24.8 Å². The fourth-order valence-corrected chi connectivity index (χ4v) is 2.56. The lowest BCUT2D eigenvalue weighted by atomic mass is 10.1. The largest absolute Gasteiger partial charge is 0.450 e. The van der Waals surface area contributed by atoms with Crippen LogP contribution in [0.4, 0.5) is 10.5 Å². The van der Waals surface area contributed by atoms with Crippen molar-refractivity contribution in [2.75, 3.05) is 25.0 Å². The van der Waals surface area contributed by atoms with Crippen molar-refractivity contribution in [3.8, 4) is 0 Å². The number of piperidine rings is 1. The van der Waals surface area contributed by atoms with E-state index in [0.29, 0.717) is 38.2 Å². The Bertz CT molecular complexity index is 610. The van der Waals surface area contributed by atoms with E-state index in [4.69, 9.17) is 4.74 Å². The number of likely N-dealkylation sites (tertiary alicyclic amines) is 1.